The van der Waals surface area contributed by atoms with Crippen LogP contribution in [0.15, 0.2) is 36.5 Å². The number of amides is 2. The summed E-state index contributed by atoms with van der Waals surface area (Å²) in [5, 5.41) is 6.07. The third-order valence-electron chi connectivity index (χ3n) is 5.44. The van der Waals surface area contributed by atoms with Crippen molar-refractivity contribution in [2.75, 3.05) is 26.1 Å². The molecule has 0 radical (unpaired) electrons. The van der Waals surface area contributed by atoms with Crippen LogP contribution in [0.5, 0.6) is 11.5 Å². The van der Waals surface area contributed by atoms with Crippen molar-refractivity contribution in [3.05, 3.63) is 53.2 Å². The molecule has 1 aromatic carbocycles. The Hall–Kier alpha value is -3.10. The van der Waals surface area contributed by atoms with Gasteiger partial charge in [0.15, 0.2) is 11.5 Å². The molecule has 0 aliphatic carbocycles. The van der Waals surface area contributed by atoms with Crippen LogP contribution in [0.2, 0.25) is 0 Å². The molecule has 1 aliphatic heterocycles. The van der Waals surface area contributed by atoms with Crippen LogP contribution < -0.4 is 20.1 Å². The molecule has 2 heterocycles. The van der Waals surface area contributed by atoms with Gasteiger partial charge in [-0.3, -0.25) is 14.9 Å². The van der Waals surface area contributed by atoms with Crippen LogP contribution in [0, 0.1) is 0 Å². The van der Waals surface area contributed by atoms with Crippen LogP contribution in [-0.2, 0) is 22.7 Å². The summed E-state index contributed by atoms with van der Waals surface area (Å²) in [5.41, 5.74) is 1.84. The molecule has 184 valence electrons. The minimum atomic E-state index is -0.685. The molecule has 0 saturated heterocycles. The molecule has 0 saturated carbocycles. The van der Waals surface area contributed by atoms with Crippen LogP contribution in [0.25, 0.3) is 6.08 Å². The molecule has 0 bridgehead atoms. The van der Waals surface area contributed by atoms with Gasteiger partial charge in [-0.1, -0.05) is 19.1 Å². The quantitative estimate of drug-likeness (QED) is 0.549. The van der Waals surface area contributed by atoms with E-state index in [0.717, 1.165) is 23.1 Å². The van der Waals surface area contributed by atoms with E-state index < -0.39 is 5.54 Å². The number of fused-ring (bicyclic) bond motifs is 1. The average molecular weight is 489 g/mol. The normalized spacial score (nSPS) is 14.4. The number of carbonyl (C=O) groups is 2. The van der Waals surface area contributed by atoms with Crippen molar-refractivity contribution in [2.24, 2.45) is 0 Å². The maximum atomic E-state index is 12.7. The first-order valence-electron chi connectivity index (χ1n) is 11.0. The molecule has 34 heavy (non-hydrogen) atoms. The first kappa shape index (κ1) is 27.1. The number of nitrogens with zero attached hydrogens (tertiary/aromatic N) is 2. The standard InChI is InChI=1S/C25H32N4O4.ClH/c1-6-12-33-22-18(8-7-9-20(22)32-5)16-29(4)21(30)11-10-17-13-19-15-27-25(2,3)24(31)28-23(19)26-14-17;/h7-11,13-14,27H,6,12,15-16H2,1-5H3,(H,26,28,31);1H/b11-10+;. The maximum absolute atomic E-state index is 12.7. The summed E-state index contributed by atoms with van der Waals surface area (Å²) in [4.78, 5) is 31.0. The molecule has 0 fully saturated rings. The molecule has 3 rings (SSSR count). The molecule has 1 aromatic heterocycles. The number of rotatable bonds is 8. The Labute approximate surface area is 207 Å². The van der Waals surface area contributed by atoms with Crippen molar-refractivity contribution in [3.63, 3.8) is 0 Å². The fraction of sp³-hybridized carbons (Fsp3) is 0.400. The van der Waals surface area contributed by atoms with E-state index in [1.807, 2.05) is 45.0 Å². The zero-order valence-electron chi connectivity index (χ0n) is 20.3. The van der Waals surface area contributed by atoms with E-state index >= 15 is 0 Å². The highest BCUT2D eigenvalue weighted by atomic mass is 35.5. The van der Waals surface area contributed by atoms with Crippen molar-refractivity contribution in [1.82, 2.24) is 15.2 Å². The Morgan fingerprint density at radius 1 is 1.32 bits per heavy atom. The first-order chi connectivity index (χ1) is 15.7. The largest absolute Gasteiger partial charge is 0.493 e. The number of hydrogen-bond donors (Lipinski definition) is 2. The van der Waals surface area contributed by atoms with Crippen molar-refractivity contribution in [2.45, 2.75) is 45.8 Å². The van der Waals surface area contributed by atoms with E-state index in [9.17, 15) is 9.59 Å². The number of aromatic nitrogens is 1. The van der Waals surface area contributed by atoms with Crippen molar-refractivity contribution < 1.29 is 19.1 Å². The van der Waals surface area contributed by atoms with Crippen LogP contribution in [0.1, 0.15) is 43.9 Å². The number of ether oxygens (including phenoxy) is 2. The highest BCUT2D eigenvalue weighted by molar-refractivity contribution is 5.98. The Morgan fingerprint density at radius 3 is 2.79 bits per heavy atom. The lowest BCUT2D eigenvalue weighted by atomic mass is 10.1. The van der Waals surface area contributed by atoms with Gasteiger partial charge in [0.1, 0.15) is 5.82 Å². The summed E-state index contributed by atoms with van der Waals surface area (Å²) in [5.74, 6) is 1.57. The van der Waals surface area contributed by atoms with Crippen LogP contribution in [0.4, 0.5) is 5.82 Å². The zero-order chi connectivity index (χ0) is 24.0. The topological polar surface area (TPSA) is 92.8 Å². The summed E-state index contributed by atoms with van der Waals surface area (Å²) < 4.78 is 11.3. The SMILES string of the molecule is CCCOc1c(CN(C)C(=O)/C=C/c2cnc3c(c2)CNC(C)(C)C(=O)N3)cccc1OC.Cl. The van der Waals surface area contributed by atoms with E-state index in [2.05, 4.69) is 15.6 Å². The molecule has 2 aromatic rings. The van der Waals surface area contributed by atoms with E-state index in [4.69, 9.17) is 9.47 Å². The highest BCUT2D eigenvalue weighted by Gasteiger charge is 2.30. The molecule has 0 atom stereocenters. The number of pyridine rings is 1. The van der Waals surface area contributed by atoms with Gasteiger partial charge in [0, 0.05) is 43.5 Å². The van der Waals surface area contributed by atoms with Gasteiger partial charge < -0.3 is 19.7 Å². The molecule has 1 aliphatic rings. The number of anilines is 1. The summed E-state index contributed by atoms with van der Waals surface area (Å²) in [7, 11) is 3.35. The second-order valence-electron chi connectivity index (χ2n) is 8.53. The van der Waals surface area contributed by atoms with Gasteiger partial charge in [0.05, 0.1) is 19.3 Å². The maximum Gasteiger partial charge on any atom is 0.246 e. The monoisotopic (exact) mass is 488 g/mol. The van der Waals surface area contributed by atoms with Gasteiger partial charge in [-0.05, 0) is 44.0 Å². The van der Waals surface area contributed by atoms with E-state index in [0.29, 0.717) is 37.0 Å². The molecule has 0 spiro atoms. The number of nitrogens with one attached hydrogen (secondary N) is 2. The average Bonchev–Trinajstić information content (AvgIpc) is 2.91. The molecule has 2 amide bonds. The molecular weight excluding hydrogens is 456 g/mol. The number of hydrogen-bond acceptors (Lipinski definition) is 6. The van der Waals surface area contributed by atoms with Crippen LogP contribution >= 0.6 is 12.4 Å². The molecule has 2 N–H and O–H groups in total. The number of carbonyl (C=O) groups excluding carboxylic acids is 2. The number of methoxy groups -OCH3 is 1. The van der Waals surface area contributed by atoms with Crippen LogP contribution in [0.3, 0.4) is 0 Å². The highest BCUT2D eigenvalue weighted by Crippen LogP contribution is 2.32. The second-order valence-corrected chi connectivity index (χ2v) is 8.53. The number of para-hydroxylation sites is 1. The summed E-state index contributed by atoms with van der Waals surface area (Å²) in [6.07, 6.45) is 5.76. The van der Waals surface area contributed by atoms with Gasteiger partial charge in [-0.2, -0.15) is 0 Å². The fourth-order valence-electron chi connectivity index (χ4n) is 3.37. The Kier molecular flexibility index (Phi) is 9.46. The lowest BCUT2D eigenvalue weighted by molar-refractivity contribution is -0.125. The lowest BCUT2D eigenvalue weighted by Crippen LogP contribution is -2.47. The van der Waals surface area contributed by atoms with Gasteiger partial charge in [-0.25, -0.2) is 4.98 Å². The Morgan fingerprint density at radius 2 is 2.09 bits per heavy atom. The number of halogens is 1. The third kappa shape index (κ3) is 6.48. The second kappa shape index (κ2) is 11.9. The third-order valence-corrected chi connectivity index (χ3v) is 5.44. The minimum absolute atomic E-state index is 0. The van der Waals surface area contributed by atoms with Gasteiger partial charge in [0.2, 0.25) is 11.8 Å². The van der Waals surface area contributed by atoms with Gasteiger partial charge in [0.25, 0.3) is 0 Å². The number of likely N-dealkylation sites (N-methyl/N-ethyl adjacent to an activating group) is 1. The smallest absolute Gasteiger partial charge is 0.246 e. The van der Waals surface area contributed by atoms with Crippen molar-refractivity contribution in [3.8, 4) is 11.5 Å². The van der Waals surface area contributed by atoms with Crippen molar-refractivity contribution in [1.29, 1.82) is 0 Å². The fourth-order valence-corrected chi connectivity index (χ4v) is 3.37. The van der Waals surface area contributed by atoms with Gasteiger partial charge >= 0.3 is 0 Å². The molecule has 8 nitrogen and oxygen atoms in total. The summed E-state index contributed by atoms with van der Waals surface area (Å²) in [6, 6.07) is 7.58. The molecular formula is C25H33ClN4O4. The predicted molar refractivity (Wildman–Crippen MR) is 135 cm³/mol. The first-order valence-corrected chi connectivity index (χ1v) is 11.0. The predicted octanol–water partition coefficient (Wildman–Crippen LogP) is 3.79. The minimum Gasteiger partial charge on any atom is -0.493 e. The van der Waals surface area contributed by atoms with E-state index in [-0.39, 0.29) is 24.2 Å². The van der Waals surface area contributed by atoms with E-state index in [1.165, 1.54) is 6.08 Å². The Bertz CT molecular complexity index is 1060. The van der Waals surface area contributed by atoms with Crippen molar-refractivity contribution >= 4 is 36.1 Å². The van der Waals surface area contributed by atoms with E-state index in [1.54, 1.807) is 31.3 Å². The summed E-state index contributed by atoms with van der Waals surface area (Å²) >= 11 is 0. The van der Waals surface area contributed by atoms with Gasteiger partial charge in [-0.15, -0.1) is 12.4 Å². The summed E-state index contributed by atoms with van der Waals surface area (Å²) in [6.45, 7) is 7.14. The lowest BCUT2D eigenvalue weighted by Gasteiger charge is -2.21. The number of benzene rings is 1. The Balaban J connectivity index is 0.00000408. The van der Waals surface area contributed by atoms with Crippen LogP contribution in [-0.4, -0.2) is 48.0 Å². The molecule has 9 heteroatoms. The molecule has 0 unspecified atom stereocenters. The zero-order valence-corrected chi connectivity index (χ0v) is 21.1.